The molecule has 0 aromatic carbocycles. The van der Waals surface area contributed by atoms with Gasteiger partial charge in [0.05, 0.1) is 5.69 Å². The van der Waals surface area contributed by atoms with Gasteiger partial charge in [0.2, 0.25) is 0 Å². The van der Waals surface area contributed by atoms with Gasteiger partial charge >= 0.3 is 0 Å². The molecule has 0 radical (unpaired) electrons. The molecule has 2 atom stereocenters. The van der Waals surface area contributed by atoms with E-state index in [0.29, 0.717) is 0 Å². The molecule has 1 aliphatic heterocycles. The first-order valence-corrected chi connectivity index (χ1v) is 7.75. The molecule has 4 nitrogen and oxygen atoms in total. The number of aromatic nitrogens is 2. The van der Waals surface area contributed by atoms with Crippen molar-refractivity contribution in [2.24, 2.45) is 18.9 Å². The van der Waals surface area contributed by atoms with Crippen LogP contribution in [0.1, 0.15) is 31.4 Å². The van der Waals surface area contributed by atoms with Crippen LogP contribution in [0.3, 0.4) is 0 Å². The number of hydrogen-bond donors (Lipinski definition) is 1. The van der Waals surface area contributed by atoms with E-state index in [1.807, 2.05) is 11.7 Å². The Morgan fingerprint density at radius 3 is 2.68 bits per heavy atom. The summed E-state index contributed by atoms with van der Waals surface area (Å²) in [4.78, 5) is 2.71. The van der Waals surface area contributed by atoms with E-state index in [4.69, 9.17) is 0 Å². The number of hydrogen-bond acceptors (Lipinski definition) is 3. The molecule has 1 aromatic heterocycles. The van der Waals surface area contributed by atoms with Crippen LogP contribution in [-0.2, 0) is 13.6 Å². The first kappa shape index (κ1) is 11.9. The maximum atomic E-state index is 4.56. The molecule has 3 aliphatic rings. The van der Waals surface area contributed by atoms with Crippen molar-refractivity contribution in [3.63, 3.8) is 0 Å². The molecule has 0 spiro atoms. The van der Waals surface area contributed by atoms with Gasteiger partial charge in [0.15, 0.2) is 0 Å². The maximum absolute atomic E-state index is 4.56. The molecule has 0 bridgehead atoms. The lowest BCUT2D eigenvalue weighted by Gasteiger charge is -2.40. The van der Waals surface area contributed by atoms with Crippen LogP contribution in [0.2, 0.25) is 0 Å². The van der Waals surface area contributed by atoms with Crippen LogP contribution in [0.5, 0.6) is 0 Å². The van der Waals surface area contributed by atoms with Gasteiger partial charge in [-0.25, -0.2) is 0 Å². The highest BCUT2D eigenvalue weighted by Crippen LogP contribution is 2.39. The fourth-order valence-corrected chi connectivity index (χ4v) is 3.55. The van der Waals surface area contributed by atoms with E-state index in [2.05, 4.69) is 27.6 Å². The molecule has 2 heterocycles. The highest BCUT2D eigenvalue weighted by Gasteiger charge is 2.42. The zero-order valence-corrected chi connectivity index (χ0v) is 11.8. The standard InChI is InChI=1S/C15H24N4/c1-18-7-6-13(17-18)9-19-10-14(11-2-3-11)16-8-15(19)12-4-5-12/h6-7,11-12,14-16H,2-5,8-10H2,1H3. The van der Waals surface area contributed by atoms with E-state index >= 15 is 0 Å². The minimum Gasteiger partial charge on any atom is -0.311 e. The summed E-state index contributed by atoms with van der Waals surface area (Å²) >= 11 is 0. The van der Waals surface area contributed by atoms with Crippen molar-refractivity contribution < 1.29 is 0 Å². The van der Waals surface area contributed by atoms with Crippen molar-refractivity contribution in [1.82, 2.24) is 20.0 Å². The van der Waals surface area contributed by atoms with Gasteiger partial charge in [-0.15, -0.1) is 0 Å². The molecular weight excluding hydrogens is 236 g/mol. The molecule has 2 unspecified atom stereocenters. The highest BCUT2D eigenvalue weighted by molar-refractivity contribution is 5.04. The molecule has 104 valence electrons. The van der Waals surface area contributed by atoms with Crippen LogP contribution >= 0.6 is 0 Å². The molecule has 19 heavy (non-hydrogen) atoms. The Kier molecular flexibility index (Phi) is 2.88. The summed E-state index contributed by atoms with van der Waals surface area (Å²) in [7, 11) is 2.01. The average molecular weight is 260 g/mol. The molecule has 1 saturated heterocycles. The average Bonchev–Trinajstić information content (AvgIpc) is 3.29. The lowest BCUT2D eigenvalue weighted by molar-refractivity contribution is 0.0989. The lowest BCUT2D eigenvalue weighted by atomic mass is 10.0. The molecule has 2 aliphatic carbocycles. The largest absolute Gasteiger partial charge is 0.311 e. The zero-order chi connectivity index (χ0) is 12.8. The Morgan fingerprint density at radius 1 is 1.26 bits per heavy atom. The van der Waals surface area contributed by atoms with Crippen molar-refractivity contribution in [2.45, 2.75) is 44.3 Å². The second-order valence-corrected chi connectivity index (χ2v) is 6.67. The maximum Gasteiger partial charge on any atom is 0.0764 e. The van der Waals surface area contributed by atoms with Gasteiger partial charge < -0.3 is 5.32 Å². The van der Waals surface area contributed by atoms with Crippen LogP contribution in [0.4, 0.5) is 0 Å². The second kappa shape index (κ2) is 4.60. The lowest BCUT2D eigenvalue weighted by Crippen LogP contribution is -2.57. The Hall–Kier alpha value is -0.870. The van der Waals surface area contributed by atoms with E-state index in [9.17, 15) is 0 Å². The van der Waals surface area contributed by atoms with E-state index in [-0.39, 0.29) is 0 Å². The molecule has 0 amide bonds. The van der Waals surface area contributed by atoms with E-state index in [1.54, 1.807) is 0 Å². The number of nitrogens with zero attached hydrogens (tertiary/aromatic N) is 3. The van der Waals surface area contributed by atoms with Crippen LogP contribution < -0.4 is 5.32 Å². The summed E-state index contributed by atoms with van der Waals surface area (Å²) in [5.41, 5.74) is 1.23. The minimum absolute atomic E-state index is 0.735. The number of rotatable bonds is 4. The summed E-state index contributed by atoms with van der Waals surface area (Å²) in [6.45, 7) is 3.45. The number of aryl methyl sites for hydroxylation is 1. The Morgan fingerprint density at radius 2 is 2.05 bits per heavy atom. The van der Waals surface area contributed by atoms with Crippen molar-refractivity contribution in [3.05, 3.63) is 18.0 Å². The molecular formula is C15H24N4. The third-order valence-electron chi connectivity index (χ3n) is 4.98. The fourth-order valence-electron chi connectivity index (χ4n) is 3.55. The Balaban J connectivity index is 1.47. The van der Waals surface area contributed by atoms with Crippen LogP contribution in [0, 0.1) is 11.8 Å². The van der Waals surface area contributed by atoms with Crippen LogP contribution in [0.15, 0.2) is 12.3 Å². The summed E-state index contributed by atoms with van der Waals surface area (Å²) in [6, 6.07) is 3.65. The molecule has 4 rings (SSSR count). The third-order valence-corrected chi connectivity index (χ3v) is 4.98. The SMILES string of the molecule is Cn1ccc(CN2CC(C3CC3)NCC2C2CC2)n1. The number of nitrogens with one attached hydrogen (secondary N) is 1. The molecule has 3 fully saturated rings. The van der Waals surface area contributed by atoms with E-state index < -0.39 is 0 Å². The van der Waals surface area contributed by atoms with Crippen LogP contribution in [0.25, 0.3) is 0 Å². The van der Waals surface area contributed by atoms with Gasteiger partial charge in [-0.05, 0) is 43.6 Å². The smallest absolute Gasteiger partial charge is 0.0764 e. The molecule has 4 heteroatoms. The van der Waals surface area contributed by atoms with Gasteiger partial charge in [0, 0.05) is 45.0 Å². The summed E-state index contributed by atoms with van der Waals surface area (Å²) in [6.07, 6.45) is 7.78. The predicted octanol–water partition coefficient (Wildman–Crippen LogP) is 1.38. The topological polar surface area (TPSA) is 33.1 Å². The second-order valence-electron chi connectivity index (χ2n) is 6.67. The first-order valence-electron chi connectivity index (χ1n) is 7.75. The van der Waals surface area contributed by atoms with Gasteiger partial charge in [0.1, 0.15) is 0 Å². The normalized spacial score (nSPS) is 32.7. The van der Waals surface area contributed by atoms with Crippen molar-refractivity contribution in [3.8, 4) is 0 Å². The first-order chi connectivity index (χ1) is 9.29. The van der Waals surface area contributed by atoms with Crippen molar-refractivity contribution in [1.29, 1.82) is 0 Å². The molecule has 2 saturated carbocycles. The quantitative estimate of drug-likeness (QED) is 0.888. The van der Waals surface area contributed by atoms with Gasteiger partial charge in [-0.1, -0.05) is 0 Å². The Bertz CT molecular complexity index is 447. The number of piperazine rings is 1. The van der Waals surface area contributed by atoms with Gasteiger partial charge in [-0.3, -0.25) is 9.58 Å². The molecule has 1 aromatic rings. The highest BCUT2D eigenvalue weighted by atomic mass is 15.3. The van der Waals surface area contributed by atoms with Crippen LogP contribution in [-0.4, -0.2) is 39.9 Å². The van der Waals surface area contributed by atoms with E-state index in [0.717, 1.165) is 30.5 Å². The summed E-state index contributed by atoms with van der Waals surface area (Å²) < 4.78 is 1.92. The zero-order valence-electron chi connectivity index (χ0n) is 11.8. The predicted molar refractivity (Wildman–Crippen MR) is 74.6 cm³/mol. The van der Waals surface area contributed by atoms with Crippen molar-refractivity contribution in [2.75, 3.05) is 13.1 Å². The van der Waals surface area contributed by atoms with Gasteiger partial charge in [-0.2, -0.15) is 5.10 Å². The monoisotopic (exact) mass is 260 g/mol. The minimum atomic E-state index is 0.735. The molecule has 1 N–H and O–H groups in total. The summed E-state index contributed by atoms with van der Waals surface area (Å²) in [5.74, 6) is 1.89. The van der Waals surface area contributed by atoms with Gasteiger partial charge in [0.25, 0.3) is 0 Å². The summed E-state index contributed by atoms with van der Waals surface area (Å²) in [5, 5.41) is 8.37. The van der Waals surface area contributed by atoms with E-state index in [1.165, 1.54) is 44.5 Å². The fraction of sp³-hybridized carbons (Fsp3) is 0.800. The Labute approximate surface area is 115 Å². The third kappa shape index (κ3) is 2.56. The van der Waals surface area contributed by atoms with Crippen molar-refractivity contribution >= 4 is 0 Å².